The molecule has 5 rings (SSSR count). The van der Waals surface area contributed by atoms with Crippen LogP contribution in [0.5, 0.6) is 5.75 Å². The van der Waals surface area contributed by atoms with Crippen molar-refractivity contribution < 1.29 is 9.53 Å². The Morgan fingerprint density at radius 3 is 2.81 bits per heavy atom. The van der Waals surface area contributed by atoms with Crippen LogP contribution < -0.4 is 10.1 Å². The molecular formula is C30H32N4O2. The Morgan fingerprint density at radius 1 is 1.08 bits per heavy atom. The summed E-state index contributed by atoms with van der Waals surface area (Å²) in [6, 6.07) is 20.9. The van der Waals surface area contributed by atoms with E-state index in [0.29, 0.717) is 6.42 Å². The third-order valence-electron chi connectivity index (χ3n) is 6.74. The van der Waals surface area contributed by atoms with E-state index in [9.17, 15) is 4.79 Å². The number of anilines is 1. The maximum Gasteiger partial charge on any atom is 0.224 e. The average molecular weight is 481 g/mol. The van der Waals surface area contributed by atoms with Gasteiger partial charge in [-0.3, -0.25) is 9.89 Å². The van der Waals surface area contributed by atoms with Crippen molar-refractivity contribution in [1.29, 1.82) is 0 Å². The smallest absolute Gasteiger partial charge is 0.224 e. The van der Waals surface area contributed by atoms with E-state index in [2.05, 4.69) is 89.1 Å². The number of carbonyl (C=O) groups excluding carboxylic acids is 1. The lowest BCUT2D eigenvalue weighted by Crippen LogP contribution is -2.19. The SMILES string of the molecule is COc1ccc2c(c1)C[C@H](c1ccc3c(/C=C/c4cccc(CN(C)C)c4)n[nH]c3c1)CCC(=O)N2. The molecule has 36 heavy (non-hydrogen) atoms. The van der Waals surface area contributed by atoms with Crippen LogP contribution in [0.1, 0.15) is 46.7 Å². The summed E-state index contributed by atoms with van der Waals surface area (Å²) in [5, 5.41) is 11.9. The molecule has 0 spiro atoms. The van der Waals surface area contributed by atoms with Crippen LogP contribution >= 0.6 is 0 Å². The summed E-state index contributed by atoms with van der Waals surface area (Å²) in [5.74, 6) is 1.08. The summed E-state index contributed by atoms with van der Waals surface area (Å²) in [5.41, 5.74) is 7.54. The van der Waals surface area contributed by atoms with Gasteiger partial charge in [-0.2, -0.15) is 5.10 Å². The minimum Gasteiger partial charge on any atom is -0.497 e. The molecule has 1 atom stereocenters. The van der Waals surface area contributed by atoms with Crippen molar-refractivity contribution in [2.45, 2.75) is 31.7 Å². The Morgan fingerprint density at radius 2 is 1.97 bits per heavy atom. The lowest BCUT2D eigenvalue weighted by molar-refractivity contribution is -0.116. The van der Waals surface area contributed by atoms with Crippen LogP contribution in [0.25, 0.3) is 23.1 Å². The lowest BCUT2D eigenvalue weighted by Gasteiger charge is -2.23. The molecule has 1 aromatic heterocycles. The normalized spacial score (nSPS) is 16.1. The first-order valence-electron chi connectivity index (χ1n) is 12.3. The quantitative estimate of drug-likeness (QED) is 0.363. The highest BCUT2D eigenvalue weighted by Gasteiger charge is 2.21. The van der Waals surface area contributed by atoms with Crippen LogP contribution in [0.2, 0.25) is 0 Å². The van der Waals surface area contributed by atoms with Gasteiger partial charge < -0.3 is 15.0 Å². The summed E-state index contributed by atoms with van der Waals surface area (Å²) in [7, 11) is 5.82. The number of rotatable bonds is 6. The number of H-pyrrole nitrogens is 1. The zero-order valence-corrected chi connectivity index (χ0v) is 21.0. The number of aromatic amines is 1. The van der Waals surface area contributed by atoms with Crippen LogP contribution in [0, 0.1) is 0 Å². The number of carbonyl (C=O) groups is 1. The second-order valence-electron chi connectivity index (χ2n) is 9.74. The third-order valence-corrected chi connectivity index (χ3v) is 6.74. The fourth-order valence-corrected chi connectivity index (χ4v) is 4.93. The minimum absolute atomic E-state index is 0.0517. The predicted octanol–water partition coefficient (Wildman–Crippen LogP) is 5.86. The van der Waals surface area contributed by atoms with Gasteiger partial charge in [0.15, 0.2) is 0 Å². The molecule has 6 heteroatoms. The fourth-order valence-electron chi connectivity index (χ4n) is 4.93. The van der Waals surface area contributed by atoms with Crippen molar-refractivity contribution in [1.82, 2.24) is 15.1 Å². The van der Waals surface area contributed by atoms with E-state index in [1.54, 1.807) is 7.11 Å². The van der Waals surface area contributed by atoms with Gasteiger partial charge in [0.1, 0.15) is 5.75 Å². The molecule has 0 unspecified atom stereocenters. The first-order chi connectivity index (χ1) is 17.5. The zero-order chi connectivity index (χ0) is 25.1. The van der Waals surface area contributed by atoms with Crippen LogP contribution in [-0.2, 0) is 17.8 Å². The molecule has 0 aliphatic carbocycles. The molecule has 0 radical (unpaired) electrons. The molecule has 3 aromatic carbocycles. The molecule has 6 nitrogen and oxygen atoms in total. The molecule has 4 aromatic rings. The number of ether oxygens (including phenoxy) is 1. The zero-order valence-electron chi connectivity index (χ0n) is 21.0. The highest BCUT2D eigenvalue weighted by molar-refractivity contribution is 5.92. The van der Waals surface area contributed by atoms with E-state index in [-0.39, 0.29) is 11.8 Å². The van der Waals surface area contributed by atoms with Crippen LogP contribution in [0.3, 0.4) is 0 Å². The van der Waals surface area contributed by atoms with Gasteiger partial charge in [-0.05, 0) is 85.5 Å². The first-order valence-corrected chi connectivity index (χ1v) is 12.3. The van der Waals surface area contributed by atoms with Gasteiger partial charge >= 0.3 is 0 Å². The number of methoxy groups -OCH3 is 1. The summed E-state index contributed by atoms with van der Waals surface area (Å²) in [6.07, 6.45) is 6.30. The Balaban J connectivity index is 1.40. The van der Waals surface area contributed by atoms with Gasteiger partial charge in [-0.25, -0.2) is 0 Å². The topological polar surface area (TPSA) is 70.2 Å². The van der Waals surface area contributed by atoms with E-state index >= 15 is 0 Å². The van der Waals surface area contributed by atoms with Crippen molar-refractivity contribution in [3.8, 4) is 5.75 Å². The number of nitrogens with zero attached hydrogens (tertiary/aromatic N) is 2. The number of benzene rings is 3. The van der Waals surface area contributed by atoms with Gasteiger partial charge in [0.25, 0.3) is 0 Å². The van der Waals surface area contributed by atoms with Gasteiger partial charge in [-0.15, -0.1) is 0 Å². The second kappa shape index (κ2) is 10.4. The molecule has 0 bridgehead atoms. The number of fused-ring (bicyclic) bond motifs is 2. The Bertz CT molecular complexity index is 1420. The monoisotopic (exact) mass is 480 g/mol. The molecule has 0 saturated heterocycles. The molecule has 0 saturated carbocycles. The van der Waals surface area contributed by atoms with E-state index in [1.807, 2.05) is 18.2 Å². The van der Waals surface area contributed by atoms with Gasteiger partial charge in [0.2, 0.25) is 5.91 Å². The van der Waals surface area contributed by atoms with Crippen LogP contribution in [0.4, 0.5) is 5.69 Å². The molecule has 2 heterocycles. The standard InChI is InChI=1S/C30H32N4O2/c1-34(2)19-21-6-4-5-20(15-21)7-12-28-26-11-8-23(18-29(26)33-32-28)22-9-14-30(35)31-27-13-10-25(36-3)17-24(27)16-22/h4-8,10-13,15,17-18,22H,9,14,16,19H2,1-3H3,(H,31,35)(H,32,33)/b12-7+/t22-/m1/s1. The van der Waals surface area contributed by atoms with Crippen molar-refractivity contribution in [3.63, 3.8) is 0 Å². The van der Waals surface area contributed by atoms with E-state index in [4.69, 9.17) is 4.74 Å². The van der Waals surface area contributed by atoms with Gasteiger partial charge in [0, 0.05) is 24.0 Å². The maximum absolute atomic E-state index is 12.4. The van der Waals surface area contributed by atoms with Gasteiger partial charge in [0.05, 0.1) is 18.3 Å². The van der Waals surface area contributed by atoms with Gasteiger partial charge in [-0.1, -0.05) is 42.5 Å². The van der Waals surface area contributed by atoms with E-state index in [0.717, 1.165) is 58.5 Å². The Kier molecular flexibility index (Phi) is 6.87. The predicted molar refractivity (Wildman–Crippen MR) is 146 cm³/mol. The van der Waals surface area contributed by atoms with Crippen molar-refractivity contribution in [3.05, 3.63) is 88.6 Å². The summed E-state index contributed by atoms with van der Waals surface area (Å²) < 4.78 is 5.42. The maximum atomic E-state index is 12.4. The number of aromatic nitrogens is 2. The van der Waals surface area contributed by atoms with Crippen LogP contribution in [0.15, 0.2) is 60.7 Å². The number of amides is 1. The molecule has 1 amide bonds. The van der Waals surface area contributed by atoms with Crippen molar-refractivity contribution in [2.75, 3.05) is 26.5 Å². The number of hydrogen-bond donors (Lipinski definition) is 2. The molecule has 184 valence electrons. The Labute approximate surface area is 212 Å². The summed E-state index contributed by atoms with van der Waals surface area (Å²) in [4.78, 5) is 14.6. The minimum atomic E-state index is 0.0517. The molecular weight excluding hydrogens is 448 g/mol. The van der Waals surface area contributed by atoms with Crippen molar-refractivity contribution >= 4 is 34.6 Å². The average Bonchev–Trinajstić information content (AvgIpc) is 3.27. The molecule has 1 aliphatic rings. The molecule has 2 N–H and O–H groups in total. The Hall–Kier alpha value is -3.90. The second-order valence-corrected chi connectivity index (χ2v) is 9.74. The molecule has 1 aliphatic heterocycles. The molecule has 0 fully saturated rings. The largest absolute Gasteiger partial charge is 0.497 e. The first kappa shape index (κ1) is 23.8. The summed E-state index contributed by atoms with van der Waals surface area (Å²) in [6.45, 7) is 0.913. The fraction of sp³-hybridized carbons (Fsp3) is 0.267. The highest BCUT2D eigenvalue weighted by atomic mass is 16.5. The summed E-state index contributed by atoms with van der Waals surface area (Å²) >= 11 is 0. The van der Waals surface area contributed by atoms with Crippen molar-refractivity contribution in [2.24, 2.45) is 0 Å². The van der Waals surface area contributed by atoms with E-state index < -0.39 is 0 Å². The number of nitrogens with one attached hydrogen (secondary N) is 2. The highest BCUT2D eigenvalue weighted by Crippen LogP contribution is 2.34. The lowest BCUT2D eigenvalue weighted by atomic mass is 9.86. The van der Waals surface area contributed by atoms with Crippen LogP contribution in [-0.4, -0.2) is 42.2 Å². The third kappa shape index (κ3) is 5.34. The van der Waals surface area contributed by atoms with E-state index in [1.165, 1.54) is 11.1 Å². The number of hydrogen-bond acceptors (Lipinski definition) is 4.